The second-order valence-electron chi connectivity index (χ2n) is 5.96. The van der Waals surface area contributed by atoms with E-state index in [0.717, 1.165) is 24.9 Å². The van der Waals surface area contributed by atoms with Crippen molar-refractivity contribution in [3.05, 3.63) is 41.7 Å². The van der Waals surface area contributed by atoms with Gasteiger partial charge in [0.25, 0.3) is 5.91 Å². The molecule has 1 aromatic heterocycles. The zero-order valence-electron chi connectivity index (χ0n) is 13.1. The third-order valence-electron chi connectivity index (χ3n) is 4.41. The third kappa shape index (κ3) is 2.54. The highest BCUT2D eigenvalue weighted by Gasteiger charge is 2.31. The normalized spacial score (nSPS) is 19.9. The maximum Gasteiger partial charge on any atom is 0.254 e. The van der Waals surface area contributed by atoms with Gasteiger partial charge in [-0.15, -0.1) is 0 Å². The van der Waals surface area contributed by atoms with Crippen LogP contribution >= 0.6 is 0 Å². The van der Waals surface area contributed by atoms with Crippen molar-refractivity contribution in [2.45, 2.75) is 18.9 Å². The molecule has 1 unspecified atom stereocenters. The Morgan fingerprint density at radius 3 is 2.87 bits per heavy atom. The lowest BCUT2D eigenvalue weighted by Crippen LogP contribution is -2.30. The summed E-state index contributed by atoms with van der Waals surface area (Å²) >= 11 is 0. The number of benzene rings is 1. The van der Waals surface area contributed by atoms with Crippen LogP contribution in [-0.2, 0) is 7.05 Å². The first kappa shape index (κ1) is 14.1. The third-order valence-corrected chi connectivity index (χ3v) is 4.41. The lowest BCUT2D eigenvalue weighted by atomic mass is 10.1. The van der Waals surface area contributed by atoms with Gasteiger partial charge in [-0.05, 0) is 31.0 Å². The van der Waals surface area contributed by atoms with Crippen molar-refractivity contribution >= 4 is 5.91 Å². The molecule has 1 fully saturated rings. The van der Waals surface area contributed by atoms with Crippen LogP contribution in [-0.4, -0.2) is 40.3 Å². The second kappa shape index (κ2) is 5.61. The molecule has 0 spiro atoms. The summed E-state index contributed by atoms with van der Waals surface area (Å²) in [6.45, 7) is 1.84. The molecule has 3 heterocycles. The highest BCUT2D eigenvalue weighted by atomic mass is 16.6. The van der Waals surface area contributed by atoms with E-state index < -0.39 is 0 Å². The molecule has 1 aromatic carbocycles. The van der Waals surface area contributed by atoms with Crippen LogP contribution in [0.1, 0.15) is 34.8 Å². The van der Waals surface area contributed by atoms with Gasteiger partial charge in [-0.1, -0.05) is 0 Å². The minimum absolute atomic E-state index is 0.0355. The number of aryl methyl sites for hydroxylation is 1. The van der Waals surface area contributed by atoms with Gasteiger partial charge >= 0.3 is 0 Å². The number of hydrogen-bond donors (Lipinski definition) is 0. The summed E-state index contributed by atoms with van der Waals surface area (Å²) in [5.41, 5.74) is 1.74. The van der Waals surface area contributed by atoms with Gasteiger partial charge in [-0.3, -0.25) is 9.48 Å². The van der Waals surface area contributed by atoms with Crippen molar-refractivity contribution in [2.24, 2.45) is 7.05 Å². The number of likely N-dealkylation sites (tertiary alicyclic amines) is 1. The van der Waals surface area contributed by atoms with Crippen molar-refractivity contribution < 1.29 is 14.3 Å². The lowest BCUT2D eigenvalue weighted by molar-refractivity contribution is 0.0734. The van der Waals surface area contributed by atoms with Crippen molar-refractivity contribution in [1.29, 1.82) is 0 Å². The first-order chi connectivity index (χ1) is 11.2. The smallest absolute Gasteiger partial charge is 0.254 e. The van der Waals surface area contributed by atoms with E-state index in [2.05, 4.69) is 5.10 Å². The summed E-state index contributed by atoms with van der Waals surface area (Å²) in [5, 5.41) is 4.23. The summed E-state index contributed by atoms with van der Waals surface area (Å²) in [7, 11) is 1.89. The molecular weight excluding hydrogens is 294 g/mol. The summed E-state index contributed by atoms with van der Waals surface area (Å²) in [6.07, 6.45) is 5.82. The van der Waals surface area contributed by atoms with Gasteiger partial charge in [0.2, 0.25) is 0 Å². The van der Waals surface area contributed by atoms with Crippen LogP contribution in [0.5, 0.6) is 11.5 Å². The molecule has 0 radical (unpaired) electrons. The summed E-state index contributed by atoms with van der Waals surface area (Å²) in [5.74, 6) is 1.39. The van der Waals surface area contributed by atoms with Gasteiger partial charge in [0, 0.05) is 30.9 Å². The fraction of sp³-hybridized carbons (Fsp3) is 0.412. The lowest BCUT2D eigenvalue weighted by Gasteiger charge is -2.25. The Labute approximate surface area is 134 Å². The fourth-order valence-corrected chi connectivity index (χ4v) is 3.31. The number of hydrogen-bond acceptors (Lipinski definition) is 4. The standard InChI is InChI=1S/C17H19N3O3/c1-19-11-13(10-18-19)14-3-2-6-20(14)17(21)12-4-5-15-16(9-12)23-8-7-22-15/h4-5,9-11,14H,2-3,6-8H2,1H3. The second-order valence-corrected chi connectivity index (χ2v) is 5.96. The van der Waals surface area contributed by atoms with Crippen molar-refractivity contribution in [3.8, 4) is 11.5 Å². The minimum atomic E-state index is 0.0355. The SMILES string of the molecule is Cn1cc(C2CCCN2C(=O)c2ccc3c(c2)OCCO3)cn1. The average molecular weight is 313 g/mol. The highest BCUT2D eigenvalue weighted by Crippen LogP contribution is 2.35. The average Bonchev–Trinajstić information content (AvgIpc) is 3.22. The zero-order valence-corrected chi connectivity index (χ0v) is 13.1. The molecule has 6 nitrogen and oxygen atoms in total. The van der Waals surface area contributed by atoms with Crippen LogP contribution in [0.25, 0.3) is 0 Å². The molecule has 0 aliphatic carbocycles. The molecule has 1 saturated heterocycles. The molecule has 2 aliphatic rings. The van der Waals surface area contributed by atoms with Crippen LogP contribution in [0.4, 0.5) is 0 Å². The van der Waals surface area contributed by atoms with E-state index in [9.17, 15) is 4.79 Å². The van der Waals surface area contributed by atoms with E-state index in [4.69, 9.17) is 9.47 Å². The molecule has 1 amide bonds. The van der Waals surface area contributed by atoms with E-state index in [1.54, 1.807) is 10.7 Å². The quantitative estimate of drug-likeness (QED) is 0.852. The fourth-order valence-electron chi connectivity index (χ4n) is 3.31. The van der Waals surface area contributed by atoms with Crippen LogP contribution < -0.4 is 9.47 Å². The molecule has 2 aromatic rings. The molecular formula is C17H19N3O3. The Kier molecular flexibility index (Phi) is 3.44. The molecule has 120 valence electrons. The van der Waals surface area contributed by atoms with Gasteiger partial charge in [0.05, 0.1) is 12.2 Å². The van der Waals surface area contributed by atoms with E-state index in [0.29, 0.717) is 30.3 Å². The molecule has 23 heavy (non-hydrogen) atoms. The predicted octanol–water partition coefficient (Wildman–Crippen LogP) is 2.17. The van der Waals surface area contributed by atoms with Crippen LogP contribution in [0.3, 0.4) is 0 Å². The number of carbonyl (C=O) groups is 1. The summed E-state index contributed by atoms with van der Waals surface area (Å²) in [4.78, 5) is 14.9. The Morgan fingerprint density at radius 2 is 2.09 bits per heavy atom. The van der Waals surface area contributed by atoms with Crippen molar-refractivity contribution in [2.75, 3.05) is 19.8 Å². The first-order valence-electron chi connectivity index (χ1n) is 7.91. The van der Waals surface area contributed by atoms with Gasteiger partial charge < -0.3 is 14.4 Å². The number of carbonyl (C=O) groups excluding carboxylic acids is 1. The number of amides is 1. The molecule has 2 aliphatic heterocycles. The highest BCUT2D eigenvalue weighted by molar-refractivity contribution is 5.95. The topological polar surface area (TPSA) is 56.6 Å². The predicted molar refractivity (Wildman–Crippen MR) is 83.7 cm³/mol. The molecule has 4 rings (SSSR count). The van der Waals surface area contributed by atoms with Crippen molar-refractivity contribution in [3.63, 3.8) is 0 Å². The van der Waals surface area contributed by atoms with Gasteiger partial charge in [0.1, 0.15) is 13.2 Å². The first-order valence-corrected chi connectivity index (χ1v) is 7.91. The number of nitrogens with zero attached hydrogens (tertiary/aromatic N) is 3. The minimum Gasteiger partial charge on any atom is -0.486 e. The van der Waals surface area contributed by atoms with Gasteiger partial charge in [-0.25, -0.2) is 0 Å². The summed E-state index contributed by atoms with van der Waals surface area (Å²) in [6, 6.07) is 5.52. The van der Waals surface area contributed by atoms with Crippen LogP contribution in [0, 0.1) is 0 Å². The molecule has 0 N–H and O–H groups in total. The van der Waals surface area contributed by atoms with E-state index >= 15 is 0 Å². The molecule has 0 bridgehead atoms. The van der Waals surface area contributed by atoms with Crippen LogP contribution in [0.15, 0.2) is 30.6 Å². The Morgan fingerprint density at radius 1 is 1.26 bits per heavy atom. The van der Waals surface area contributed by atoms with Gasteiger partial charge in [0.15, 0.2) is 11.5 Å². The van der Waals surface area contributed by atoms with Crippen LogP contribution in [0.2, 0.25) is 0 Å². The molecule has 1 atom stereocenters. The number of rotatable bonds is 2. The van der Waals surface area contributed by atoms with E-state index in [1.807, 2.05) is 36.5 Å². The largest absolute Gasteiger partial charge is 0.486 e. The maximum atomic E-state index is 12.9. The summed E-state index contributed by atoms with van der Waals surface area (Å²) < 4.78 is 12.9. The van der Waals surface area contributed by atoms with E-state index in [-0.39, 0.29) is 11.9 Å². The number of aromatic nitrogens is 2. The number of fused-ring (bicyclic) bond motifs is 1. The van der Waals surface area contributed by atoms with E-state index in [1.165, 1.54) is 0 Å². The Bertz CT molecular complexity index is 740. The Balaban J connectivity index is 1.60. The molecule has 0 saturated carbocycles. The van der Waals surface area contributed by atoms with Crippen molar-refractivity contribution in [1.82, 2.24) is 14.7 Å². The maximum absolute atomic E-state index is 12.9. The monoisotopic (exact) mass is 313 g/mol. The molecule has 6 heteroatoms. The zero-order chi connectivity index (χ0) is 15.8. The Hall–Kier alpha value is -2.50. The van der Waals surface area contributed by atoms with Gasteiger partial charge in [-0.2, -0.15) is 5.10 Å². The number of ether oxygens (including phenoxy) is 2.